The fourth-order valence-corrected chi connectivity index (χ4v) is 2.69. The van der Waals surface area contributed by atoms with E-state index in [4.69, 9.17) is 10.4 Å². The van der Waals surface area contributed by atoms with Gasteiger partial charge in [-0.3, -0.25) is 5.10 Å². The smallest absolute Gasteiger partial charge is 0.405 e. The van der Waals surface area contributed by atoms with Crippen molar-refractivity contribution < 1.29 is 9.90 Å². The molecule has 0 bridgehead atoms. The summed E-state index contributed by atoms with van der Waals surface area (Å²) in [6, 6.07) is 5.59. The van der Waals surface area contributed by atoms with Crippen LogP contribution >= 0.6 is 0 Å². The van der Waals surface area contributed by atoms with Crippen LogP contribution in [0.4, 0.5) is 16.4 Å². The highest BCUT2D eigenvalue weighted by atomic mass is 16.4. The summed E-state index contributed by atoms with van der Waals surface area (Å²) < 4.78 is 0. The molecule has 4 rings (SSSR count). The molecular formula is C20H28N6O2. The molecule has 2 aliphatic carbocycles. The maximum atomic E-state index is 9.94. The quantitative estimate of drug-likeness (QED) is 0.618. The highest BCUT2D eigenvalue weighted by Gasteiger charge is 2.38. The molecular weight excluding hydrogens is 356 g/mol. The van der Waals surface area contributed by atoms with Crippen molar-refractivity contribution in [1.82, 2.24) is 20.5 Å². The number of rotatable bonds is 3. The number of carbonyl (C=O) groups is 1. The van der Waals surface area contributed by atoms with Crippen LogP contribution in [0.1, 0.15) is 63.0 Å². The minimum absolute atomic E-state index is 0.0775. The van der Waals surface area contributed by atoms with Gasteiger partial charge in [0.1, 0.15) is 11.6 Å². The molecule has 2 heterocycles. The third kappa shape index (κ3) is 7.27. The third-order valence-corrected chi connectivity index (χ3v) is 4.74. The molecule has 2 saturated carbocycles. The van der Waals surface area contributed by atoms with Gasteiger partial charge in [-0.05, 0) is 32.8 Å². The first kappa shape index (κ1) is 21.2. The lowest BCUT2D eigenvalue weighted by molar-refractivity contribution is 0.189. The molecule has 2 aromatic rings. The predicted molar refractivity (Wildman–Crippen MR) is 107 cm³/mol. The first-order chi connectivity index (χ1) is 13.4. The van der Waals surface area contributed by atoms with Gasteiger partial charge in [0.05, 0.1) is 17.8 Å². The molecule has 0 aromatic carbocycles. The molecule has 8 heteroatoms. The summed E-state index contributed by atoms with van der Waals surface area (Å²) in [5.41, 5.74) is 1.37. The van der Waals surface area contributed by atoms with Crippen LogP contribution in [0.3, 0.4) is 0 Å². The van der Waals surface area contributed by atoms with Crippen LogP contribution < -0.4 is 10.6 Å². The van der Waals surface area contributed by atoms with Gasteiger partial charge in [0.25, 0.3) is 0 Å². The van der Waals surface area contributed by atoms with Gasteiger partial charge in [-0.15, -0.1) is 0 Å². The van der Waals surface area contributed by atoms with E-state index in [1.54, 1.807) is 24.5 Å². The van der Waals surface area contributed by atoms with E-state index in [0.717, 1.165) is 24.2 Å². The third-order valence-electron chi connectivity index (χ3n) is 4.74. The maximum absolute atomic E-state index is 9.94. The van der Waals surface area contributed by atoms with E-state index >= 15 is 0 Å². The number of amides is 1. The molecule has 8 nitrogen and oxygen atoms in total. The van der Waals surface area contributed by atoms with Crippen LogP contribution in [0.2, 0.25) is 0 Å². The van der Waals surface area contributed by atoms with E-state index in [2.05, 4.69) is 31.9 Å². The number of anilines is 2. The topological polar surface area (TPSA) is 127 Å². The van der Waals surface area contributed by atoms with Gasteiger partial charge in [-0.1, -0.05) is 32.1 Å². The Bertz CT molecular complexity index is 782. The summed E-state index contributed by atoms with van der Waals surface area (Å²) in [4.78, 5) is 14.1. The summed E-state index contributed by atoms with van der Waals surface area (Å²) in [7, 11) is 0. The van der Waals surface area contributed by atoms with E-state index in [9.17, 15) is 4.79 Å². The Labute approximate surface area is 165 Å². The van der Waals surface area contributed by atoms with Gasteiger partial charge in [-0.25, -0.2) is 9.78 Å². The molecule has 4 N–H and O–H groups in total. The van der Waals surface area contributed by atoms with Gasteiger partial charge in [0, 0.05) is 23.4 Å². The Morgan fingerprint density at radius 2 is 1.86 bits per heavy atom. The van der Waals surface area contributed by atoms with Gasteiger partial charge >= 0.3 is 6.09 Å². The number of nitriles is 1. The molecule has 0 aliphatic heterocycles. The second-order valence-electron chi connectivity index (χ2n) is 7.30. The van der Waals surface area contributed by atoms with Crippen LogP contribution in [-0.4, -0.2) is 31.9 Å². The predicted octanol–water partition coefficient (Wildman–Crippen LogP) is 4.49. The zero-order valence-electron chi connectivity index (χ0n) is 16.5. The standard InChI is InChI=1S/C10H9N5.C5H9NO2.C5H10/c1-7-8(6-11)2-4-12-10(7)14-9-3-5-13-15-9;1-5(2-3-5)6-4(7)8;1-2-4-5-3-1/h2-5H,1H3,(H2,12,13,14,15);6H,2-3H2,1H3,(H,7,8);1-5H2. The van der Waals surface area contributed by atoms with Crippen molar-refractivity contribution in [3.8, 4) is 6.07 Å². The summed E-state index contributed by atoms with van der Waals surface area (Å²) >= 11 is 0. The average molecular weight is 384 g/mol. The number of nitrogens with one attached hydrogen (secondary N) is 3. The lowest BCUT2D eigenvalue weighted by atomic mass is 10.1. The molecule has 0 saturated heterocycles. The molecule has 28 heavy (non-hydrogen) atoms. The van der Waals surface area contributed by atoms with Crippen LogP contribution in [0.25, 0.3) is 0 Å². The maximum Gasteiger partial charge on any atom is 0.405 e. The van der Waals surface area contributed by atoms with Gasteiger partial charge in [0.2, 0.25) is 0 Å². The van der Waals surface area contributed by atoms with Crippen LogP contribution in [-0.2, 0) is 0 Å². The zero-order valence-corrected chi connectivity index (χ0v) is 16.5. The summed E-state index contributed by atoms with van der Waals surface area (Å²) in [6.07, 6.45) is 11.8. The highest BCUT2D eigenvalue weighted by Crippen LogP contribution is 2.33. The number of hydrogen-bond acceptors (Lipinski definition) is 5. The molecule has 0 atom stereocenters. The number of aromatic nitrogens is 3. The van der Waals surface area contributed by atoms with Crippen molar-refractivity contribution in [1.29, 1.82) is 5.26 Å². The highest BCUT2D eigenvalue weighted by molar-refractivity contribution is 5.66. The summed E-state index contributed by atoms with van der Waals surface area (Å²) in [5, 5.41) is 29.1. The Morgan fingerprint density at radius 3 is 2.29 bits per heavy atom. The Balaban J connectivity index is 0.000000179. The van der Waals surface area contributed by atoms with E-state index in [0.29, 0.717) is 11.4 Å². The first-order valence-electron chi connectivity index (χ1n) is 9.57. The van der Waals surface area contributed by atoms with E-state index in [1.165, 1.54) is 32.1 Å². The lowest BCUT2D eigenvalue weighted by Crippen LogP contribution is -2.32. The number of nitrogens with zero attached hydrogens (tertiary/aromatic N) is 3. The number of H-pyrrole nitrogens is 1. The zero-order chi connectivity index (χ0) is 20.4. The number of pyridine rings is 1. The first-order valence-corrected chi connectivity index (χ1v) is 9.57. The molecule has 0 unspecified atom stereocenters. The monoisotopic (exact) mass is 384 g/mol. The van der Waals surface area contributed by atoms with E-state index < -0.39 is 6.09 Å². The molecule has 0 radical (unpaired) electrons. The van der Waals surface area contributed by atoms with Crippen molar-refractivity contribution in [2.45, 2.75) is 64.3 Å². The van der Waals surface area contributed by atoms with Crippen molar-refractivity contribution >= 4 is 17.7 Å². The van der Waals surface area contributed by atoms with Gasteiger partial charge < -0.3 is 15.7 Å². The van der Waals surface area contributed by atoms with E-state index in [1.807, 2.05) is 13.8 Å². The van der Waals surface area contributed by atoms with Gasteiger partial charge in [0.15, 0.2) is 0 Å². The Hall–Kier alpha value is -3.08. The van der Waals surface area contributed by atoms with Crippen molar-refractivity contribution in [3.05, 3.63) is 35.7 Å². The minimum atomic E-state index is -0.912. The molecule has 1 amide bonds. The Morgan fingerprint density at radius 1 is 1.21 bits per heavy atom. The minimum Gasteiger partial charge on any atom is -0.465 e. The second-order valence-corrected chi connectivity index (χ2v) is 7.30. The number of hydrogen-bond donors (Lipinski definition) is 4. The molecule has 0 spiro atoms. The lowest BCUT2D eigenvalue weighted by Gasteiger charge is -2.06. The normalized spacial score (nSPS) is 15.8. The molecule has 2 aromatic heterocycles. The van der Waals surface area contributed by atoms with Crippen molar-refractivity contribution in [2.75, 3.05) is 5.32 Å². The summed E-state index contributed by atoms with van der Waals surface area (Å²) in [5.74, 6) is 1.42. The SMILES string of the molecule is C1CCCC1.CC1(NC(=O)O)CC1.Cc1c(C#N)ccnc1Nc1ccn[nH]1. The van der Waals surface area contributed by atoms with E-state index in [-0.39, 0.29) is 5.54 Å². The fourth-order valence-electron chi connectivity index (χ4n) is 2.69. The fraction of sp³-hybridized carbons (Fsp3) is 0.500. The van der Waals surface area contributed by atoms with Crippen LogP contribution in [0, 0.1) is 18.3 Å². The molecule has 150 valence electrons. The average Bonchev–Trinajstić information content (AvgIpc) is 3.12. The number of carboxylic acid groups (broad SMARTS) is 1. The largest absolute Gasteiger partial charge is 0.465 e. The van der Waals surface area contributed by atoms with Crippen molar-refractivity contribution in [3.63, 3.8) is 0 Å². The van der Waals surface area contributed by atoms with Crippen LogP contribution in [0.5, 0.6) is 0 Å². The van der Waals surface area contributed by atoms with Gasteiger partial charge in [-0.2, -0.15) is 10.4 Å². The molecule has 2 fully saturated rings. The van der Waals surface area contributed by atoms with Crippen molar-refractivity contribution in [2.24, 2.45) is 0 Å². The second kappa shape index (κ2) is 10.3. The summed E-state index contributed by atoms with van der Waals surface area (Å²) in [6.45, 7) is 3.76. The number of aromatic amines is 1. The van der Waals surface area contributed by atoms with Crippen LogP contribution in [0.15, 0.2) is 24.5 Å². The molecule has 2 aliphatic rings. The Kier molecular flexibility index (Phi) is 7.81.